The van der Waals surface area contributed by atoms with Crippen molar-refractivity contribution in [2.24, 2.45) is 0 Å². The molecule has 0 N–H and O–H groups in total. The van der Waals surface area contributed by atoms with Crippen LogP contribution >= 0.6 is 0 Å². The summed E-state index contributed by atoms with van der Waals surface area (Å²) in [4.78, 5) is 12.6. The second kappa shape index (κ2) is 7.18. The highest BCUT2D eigenvalue weighted by Crippen LogP contribution is 2.40. The molecule has 0 atom stereocenters. The Hall–Kier alpha value is -3.13. The summed E-state index contributed by atoms with van der Waals surface area (Å²) in [7, 11) is 0. The third kappa shape index (κ3) is 3.24. The molecule has 124 valence electrons. The van der Waals surface area contributed by atoms with E-state index in [0.717, 1.165) is 16.7 Å². The Kier molecular flexibility index (Phi) is 4.80. The lowest BCUT2D eigenvalue weighted by atomic mass is 9.80. The van der Waals surface area contributed by atoms with Gasteiger partial charge in [0, 0.05) is 22.3 Å². The van der Waals surface area contributed by atoms with Gasteiger partial charge in [0.25, 0.3) is 0 Å². The van der Waals surface area contributed by atoms with Gasteiger partial charge in [-0.25, -0.2) is 4.79 Å². The van der Waals surface area contributed by atoms with E-state index in [2.05, 4.69) is 6.58 Å². The number of benzene rings is 3. The molecule has 3 aromatic carbocycles. The van der Waals surface area contributed by atoms with E-state index in [1.165, 1.54) is 0 Å². The van der Waals surface area contributed by atoms with Gasteiger partial charge in [0.2, 0.25) is 0 Å². The Bertz CT molecular complexity index is 756. The molecule has 0 amide bonds. The summed E-state index contributed by atoms with van der Waals surface area (Å²) < 4.78 is 6.12. The van der Waals surface area contributed by atoms with E-state index in [-0.39, 0.29) is 0 Å². The summed E-state index contributed by atoms with van der Waals surface area (Å²) in [6, 6.07) is 29.4. The molecule has 0 aliphatic heterocycles. The van der Waals surface area contributed by atoms with E-state index in [4.69, 9.17) is 4.74 Å². The van der Waals surface area contributed by atoms with Gasteiger partial charge in [-0.05, 0) is 6.92 Å². The minimum atomic E-state index is -1.03. The smallest absolute Gasteiger partial charge is 0.334 e. The van der Waals surface area contributed by atoms with E-state index < -0.39 is 11.6 Å². The van der Waals surface area contributed by atoms with Crippen LogP contribution < -0.4 is 0 Å². The maximum Gasteiger partial charge on any atom is 0.334 e. The first-order valence-electron chi connectivity index (χ1n) is 8.20. The number of hydrogen-bond donors (Lipinski definition) is 0. The molecule has 25 heavy (non-hydrogen) atoms. The standard InChI is InChI=1S/C23H20O2/c1-18(2)22(24)25-23(19-12-6-3-7-13-19,20-14-8-4-9-15-20)21-16-10-5-11-17-21/h3-17H,1H2,2H3. The second-order valence-electron chi connectivity index (χ2n) is 5.95. The van der Waals surface area contributed by atoms with Gasteiger partial charge in [0.05, 0.1) is 0 Å². The number of hydrogen-bond acceptors (Lipinski definition) is 2. The number of rotatable bonds is 5. The fourth-order valence-corrected chi connectivity index (χ4v) is 2.92. The normalized spacial score (nSPS) is 10.9. The molecule has 0 unspecified atom stereocenters. The van der Waals surface area contributed by atoms with Crippen molar-refractivity contribution < 1.29 is 9.53 Å². The first kappa shape index (κ1) is 16.7. The summed E-state index contributed by atoms with van der Waals surface area (Å²) in [5.74, 6) is -0.420. The van der Waals surface area contributed by atoms with Gasteiger partial charge in [0.15, 0.2) is 5.60 Å². The number of esters is 1. The van der Waals surface area contributed by atoms with Gasteiger partial charge < -0.3 is 4.74 Å². The van der Waals surface area contributed by atoms with Crippen LogP contribution in [0.3, 0.4) is 0 Å². The zero-order valence-electron chi connectivity index (χ0n) is 14.2. The Balaban J connectivity index is 2.31. The van der Waals surface area contributed by atoms with Crippen molar-refractivity contribution >= 4 is 5.97 Å². The summed E-state index contributed by atoms with van der Waals surface area (Å²) in [5.41, 5.74) is 2.01. The number of ether oxygens (including phenoxy) is 1. The molecular weight excluding hydrogens is 308 g/mol. The maximum absolute atomic E-state index is 12.6. The molecule has 0 aliphatic rings. The molecule has 0 fully saturated rings. The van der Waals surface area contributed by atoms with Crippen molar-refractivity contribution in [3.8, 4) is 0 Å². The van der Waals surface area contributed by atoms with Gasteiger partial charge >= 0.3 is 5.97 Å². The summed E-state index contributed by atoms with van der Waals surface area (Å²) in [6.45, 7) is 5.41. The Morgan fingerprint density at radius 3 is 1.32 bits per heavy atom. The minimum absolute atomic E-state index is 0.368. The Morgan fingerprint density at radius 2 is 1.04 bits per heavy atom. The lowest BCUT2D eigenvalue weighted by Crippen LogP contribution is -2.35. The van der Waals surface area contributed by atoms with Crippen LogP contribution in [-0.4, -0.2) is 5.97 Å². The van der Waals surface area contributed by atoms with E-state index in [1.54, 1.807) is 6.92 Å². The molecule has 0 aromatic heterocycles. The molecule has 0 radical (unpaired) electrons. The third-order valence-corrected chi connectivity index (χ3v) is 4.14. The molecule has 2 nitrogen and oxygen atoms in total. The van der Waals surface area contributed by atoms with Crippen LogP contribution in [0.1, 0.15) is 23.6 Å². The van der Waals surface area contributed by atoms with Crippen molar-refractivity contribution in [2.45, 2.75) is 12.5 Å². The molecule has 3 aromatic rings. The summed E-state index contributed by atoms with van der Waals surface area (Å²) in [6.07, 6.45) is 0. The molecule has 3 rings (SSSR count). The molecule has 0 spiro atoms. The van der Waals surface area contributed by atoms with Crippen molar-refractivity contribution in [1.29, 1.82) is 0 Å². The first-order valence-corrected chi connectivity index (χ1v) is 8.20. The molecule has 0 heterocycles. The highest BCUT2D eigenvalue weighted by molar-refractivity contribution is 5.88. The van der Waals surface area contributed by atoms with Crippen molar-refractivity contribution in [1.82, 2.24) is 0 Å². The van der Waals surface area contributed by atoms with Crippen LogP contribution in [0, 0.1) is 0 Å². The molecule has 0 bridgehead atoms. The zero-order chi connectivity index (χ0) is 17.7. The van der Waals surface area contributed by atoms with Crippen LogP contribution in [0.25, 0.3) is 0 Å². The van der Waals surface area contributed by atoms with Crippen molar-refractivity contribution in [3.63, 3.8) is 0 Å². The predicted octanol–water partition coefficient (Wildman–Crippen LogP) is 5.10. The molecule has 0 saturated heterocycles. The van der Waals surface area contributed by atoms with Gasteiger partial charge in [-0.15, -0.1) is 0 Å². The monoisotopic (exact) mass is 328 g/mol. The Labute approximate surface area is 148 Å². The largest absolute Gasteiger partial charge is 0.441 e. The van der Waals surface area contributed by atoms with E-state index in [0.29, 0.717) is 5.57 Å². The maximum atomic E-state index is 12.6. The molecule has 0 aliphatic carbocycles. The van der Waals surface area contributed by atoms with Crippen LogP contribution in [0.2, 0.25) is 0 Å². The predicted molar refractivity (Wildman–Crippen MR) is 100 cm³/mol. The summed E-state index contributed by atoms with van der Waals surface area (Å²) >= 11 is 0. The van der Waals surface area contributed by atoms with Crippen LogP contribution in [0.15, 0.2) is 103 Å². The van der Waals surface area contributed by atoms with Crippen molar-refractivity contribution in [3.05, 3.63) is 120 Å². The summed E-state index contributed by atoms with van der Waals surface area (Å²) in [5, 5.41) is 0. The molecule has 2 heteroatoms. The average Bonchev–Trinajstić information content (AvgIpc) is 2.68. The lowest BCUT2D eigenvalue weighted by Gasteiger charge is -2.35. The van der Waals surface area contributed by atoms with Gasteiger partial charge in [-0.1, -0.05) is 97.6 Å². The molecule has 0 saturated carbocycles. The Morgan fingerprint density at radius 1 is 0.720 bits per heavy atom. The first-order chi connectivity index (χ1) is 12.1. The van der Waals surface area contributed by atoms with Crippen LogP contribution in [0.4, 0.5) is 0 Å². The topological polar surface area (TPSA) is 26.3 Å². The lowest BCUT2D eigenvalue weighted by molar-refractivity contribution is -0.148. The fourth-order valence-electron chi connectivity index (χ4n) is 2.92. The van der Waals surface area contributed by atoms with Crippen LogP contribution in [0.5, 0.6) is 0 Å². The SMILES string of the molecule is C=C(C)C(=O)OC(c1ccccc1)(c1ccccc1)c1ccccc1. The quantitative estimate of drug-likeness (QED) is 0.370. The second-order valence-corrected chi connectivity index (χ2v) is 5.95. The average molecular weight is 328 g/mol. The van der Waals surface area contributed by atoms with E-state index in [9.17, 15) is 4.79 Å². The minimum Gasteiger partial charge on any atom is -0.441 e. The van der Waals surface area contributed by atoms with E-state index in [1.807, 2.05) is 91.0 Å². The van der Waals surface area contributed by atoms with Gasteiger partial charge in [0.1, 0.15) is 0 Å². The van der Waals surface area contributed by atoms with Gasteiger partial charge in [-0.3, -0.25) is 0 Å². The number of carbonyl (C=O) groups excluding carboxylic acids is 1. The van der Waals surface area contributed by atoms with E-state index >= 15 is 0 Å². The number of carbonyl (C=O) groups is 1. The zero-order valence-corrected chi connectivity index (χ0v) is 14.2. The van der Waals surface area contributed by atoms with Crippen LogP contribution in [-0.2, 0) is 15.1 Å². The third-order valence-electron chi connectivity index (χ3n) is 4.14. The highest BCUT2D eigenvalue weighted by atomic mass is 16.6. The van der Waals surface area contributed by atoms with Gasteiger partial charge in [-0.2, -0.15) is 0 Å². The highest BCUT2D eigenvalue weighted by Gasteiger charge is 2.40. The molecular formula is C23H20O2. The van der Waals surface area contributed by atoms with Crippen molar-refractivity contribution in [2.75, 3.05) is 0 Å². The fraction of sp³-hybridized carbons (Fsp3) is 0.0870.